The molecule has 3 rings (SSSR count). The minimum atomic E-state index is -1.41. The molecule has 0 saturated carbocycles. The second-order valence-corrected chi connectivity index (χ2v) is 9.64. The first-order chi connectivity index (χ1) is 19.1. The molecule has 0 N–H and O–H groups in total. The zero-order valence-electron chi connectivity index (χ0n) is 23.4. The van der Waals surface area contributed by atoms with Crippen LogP contribution in [0.25, 0.3) is 5.70 Å². The van der Waals surface area contributed by atoms with Crippen molar-refractivity contribution >= 4 is 35.2 Å². The molecule has 0 bridgehead atoms. The molecule has 0 aliphatic carbocycles. The summed E-state index contributed by atoms with van der Waals surface area (Å²) in [5.41, 5.74) is 1.39. The zero-order chi connectivity index (χ0) is 29.4. The van der Waals surface area contributed by atoms with Crippen LogP contribution in [0.4, 0.5) is 0 Å². The Balaban J connectivity index is 2.23. The summed E-state index contributed by atoms with van der Waals surface area (Å²) < 4.78 is 10.4. The van der Waals surface area contributed by atoms with E-state index in [1.165, 1.54) is 32.1 Å². The Kier molecular flexibility index (Phi) is 10.3. The highest BCUT2D eigenvalue weighted by Gasteiger charge is 2.46. The summed E-state index contributed by atoms with van der Waals surface area (Å²) in [4.78, 5) is 68.1. The summed E-state index contributed by atoms with van der Waals surface area (Å²) in [5, 5.41) is 2.13. The predicted molar refractivity (Wildman–Crippen MR) is 147 cm³/mol. The van der Waals surface area contributed by atoms with E-state index in [0.29, 0.717) is 11.1 Å². The molecule has 0 spiro atoms. The molecule has 2 aromatic rings. The molecule has 2 aromatic carbocycles. The van der Waals surface area contributed by atoms with Crippen LogP contribution in [0.3, 0.4) is 0 Å². The highest BCUT2D eigenvalue weighted by Crippen LogP contribution is 2.32. The van der Waals surface area contributed by atoms with Crippen molar-refractivity contribution < 1.29 is 33.4 Å². The Bertz CT molecular complexity index is 1260. The fourth-order valence-corrected chi connectivity index (χ4v) is 4.52. The Morgan fingerprint density at radius 1 is 0.950 bits per heavy atom. The molecule has 40 heavy (non-hydrogen) atoms. The Labute approximate surface area is 234 Å². The number of esters is 1. The molecule has 1 aliphatic heterocycles. The summed E-state index contributed by atoms with van der Waals surface area (Å²) in [6.45, 7) is 5.95. The van der Waals surface area contributed by atoms with Gasteiger partial charge in [-0.15, -0.1) is 0 Å². The summed E-state index contributed by atoms with van der Waals surface area (Å²) in [5.74, 6) is -3.74. The van der Waals surface area contributed by atoms with Crippen LogP contribution in [-0.4, -0.2) is 76.3 Å². The number of Topliss-reactive ketones (excluding diaryl/α,β-unsaturated/α-hetero) is 1. The van der Waals surface area contributed by atoms with Crippen molar-refractivity contribution in [1.29, 1.82) is 0 Å². The molecule has 3 amide bonds. The van der Waals surface area contributed by atoms with Gasteiger partial charge in [-0.25, -0.2) is 14.8 Å². The van der Waals surface area contributed by atoms with Crippen LogP contribution in [0.15, 0.2) is 66.9 Å². The van der Waals surface area contributed by atoms with Gasteiger partial charge in [0.2, 0.25) is 11.8 Å². The lowest BCUT2D eigenvalue weighted by Crippen LogP contribution is -2.63. The average molecular weight is 550 g/mol. The van der Waals surface area contributed by atoms with Gasteiger partial charge in [-0.2, -0.15) is 0 Å². The standard InChI is InChI=1S/C30H35N3O7/c1-20(2)40-30(38)28(36)26(18-23-12-8-6-9-13-23)32(22(4)35)33-27(24-14-10-7-11-15-24)19-31(21(3)34)25(29(33)37)16-17-39-5/h6-15,19-20,25-26H,16-18H2,1-5H3/t25?,26-/m0/s1. The number of rotatable bonds is 11. The lowest BCUT2D eigenvalue weighted by atomic mass is 10.00. The summed E-state index contributed by atoms with van der Waals surface area (Å²) in [6.07, 6.45) is 1.00. The smallest absolute Gasteiger partial charge is 0.377 e. The largest absolute Gasteiger partial charge is 0.457 e. The van der Waals surface area contributed by atoms with Crippen molar-refractivity contribution in [2.24, 2.45) is 0 Å². The van der Waals surface area contributed by atoms with E-state index in [9.17, 15) is 24.0 Å². The highest BCUT2D eigenvalue weighted by atomic mass is 16.5. The van der Waals surface area contributed by atoms with Crippen molar-refractivity contribution in [2.45, 2.75) is 58.7 Å². The van der Waals surface area contributed by atoms with Gasteiger partial charge in [-0.05, 0) is 19.4 Å². The van der Waals surface area contributed by atoms with Gasteiger partial charge in [0.05, 0.1) is 11.8 Å². The van der Waals surface area contributed by atoms with Crippen LogP contribution in [0.1, 0.15) is 45.2 Å². The van der Waals surface area contributed by atoms with Crippen LogP contribution in [-0.2, 0) is 39.9 Å². The maximum absolute atomic E-state index is 14.2. The topological polar surface area (TPSA) is 114 Å². The Morgan fingerprint density at radius 2 is 1.55 bits per heavy atom. The molecule has 0 radical (unpaired) electrons. The number of ether oxygens (including phenoxy) is 2. The molecule has 0 fully saturated rings. The molecular weight excluding hydrogens is 514 g/mol. The summed E-state index contributed by atoms with van der Waals surface area (Å²) in [7, 11) is 1.48. The van der Waals surface area contributed by atoms with Crippen LogP contribution >= 0.6 is 0 Å². The van der Waals surface area contributed by atoms with Gasteiger partial charge >= 0.3 is 5.97 Å². The number of ketones is 1. The van der Waals surface area contributed by atoms with Gasteiger partial charge in [0.1, 0.15) is 12.1 Å². The van der Waals surface area contributed by atoms with Crippen molar-refractivity contribution in [3.05, 3.63) is 78.0 Å². The summed E-state index contributed by atoms with van der Waals surface area (Å²) >= 11 is 0. The van der Waals surface area contributed by atoms with Crippen LogP contribution < -0.4 is 0 Å². The van der Waals surface area contributed by atoms with Crippen molar-refractivity contribution in [1.82, 2.24) is 14.9 Å². The van der Waals surface area contributed by atoms with E-state index in [1.54, 1.807) is 74.5 Å². The van der Waals surface area contributed by atoms with Gasteiger partial charge in [0.15, 0.2) is 0 Å². The van der Waals surface area contributed by atoms with E-state index in [4.69, 9.17) is 9.47 Å². The van der Waals surface area contributed by atoms with Crippen LogP contribution in [0.5, 0.6) is 0 Å². The van der Waals surface area contributed by atoms with E-state index in [0.717, 1.165) is 10.0 Å². The van der Waals surface area contributed by atoms with E-state index in [1.807, 2.05) is 0 Å². The molecule has 1 unspecified atom stereocenters. The lowest BCUT2D eigenvalue weighted by molar-refractivity contribution is -0.172. The average Bonchev–Trinajstić information content (AvgIpc) is 2.92. The van der Waals surface area contributed by atoms with Crippen molar-refractivity contribution in [3.8, 4) is 0 Å². The molecule has 0 aromatic heterocycles. The number of hydrazine groups is 1. The third-order valence-electron chi connectivity index (χ3n) is 6.30. The number of carbonyl (C=O) groups is 5. The fourth-order valence-electron chi connectivity index (χ4n) is 4.52. The number of amides is 3. The molecule has 0 saturated heterocycles. The SMILES string of the molecule is COCCC1C(=O)N(N(C(C)=O)[C@@H](Cc2ccccc2)C(=O)C(=O)OC(C)C)C(c2ccccc2)=CN1C(C)=O. The monoisotopic (exact) mass is 549 g/mol. The number of nitrogens with zero attached hydrogens (tertiary/aromatic N) is 3. The Hall–Kier alpha value is -4.31. The fraction of sp³-hybridized carbons (Fsp3) is 0.367. The van der Waals surface area contributed by atoms with Gasteiger partial charge < -0.3 is 14.4 Å². The third kappa shape index (κ3) is 7.01. The Morgan fingerprint density at radius 3 is 2.08 bits per heavy atom. The zero-order valence-corrected chi connectivity index (χ0v) is 23.4. The molecule has 212 valence electrons. The highest BCUT2D eigenvalue weighted by molar-refractivity contribution is 6.36. The molecule has 10 nitrogen and oxygen atoms in total. The van der Waals surface area contributed by atoms with Crippen LogP contribution in [0.2, 0.25) is 0 Å². The second-order valence-electron chi connectivity index (χ2n) is 9.64. The van der Waals surface area contributed by atoms with Crippen LogP contribution in [0, 0.1) is 0 Å². The van der Waals surface area contributed by atoms with Crippen molar-refractivity contribution in [2.75, 3.05) is 13.7 Å². The van der Waals surface area contributed by atoms with E-state index in [-0.39, 0.29) is 31.1 Å². The van der Waals surface area contributed by atoms with Crippen molar-refractivity contribution in [3.63, 3.8) is 0 Å². The van der Waals surface area contributed by atoms with Gasteiger partial charge in [0.25, 0.3) is 11.7 Å². The predicted octanol–water partition coefficient (Wildman–Crippen LogP) is 2.98. The molecule has 10 heteroatoms. The quantitative estimate of drug-likeness (QED) is 0.313. The van der Waals surface area contributed by atoms with Gasteiger partial charge in [-0.3, -0.25) is 19.2 Å². The second kappa shape index (κ2) is 13.7. The number of hydrogen-bond donors (Lipinski definition) is 0. The first-order valence-electron chi connectivity index (χ1n) is 13.0. The maximum atomic E-state index is 14.2. The normalized spacial score (nSPS) is 15.9. The number of benzene rings is 2. The van der Waals surface area contributed by atoms with Gasteiger partial charge in [-0.1, -0.05) is 60.7 Å². The van der Waals surface area contributed by atoms with E-state index < -0.39 is 41.8 Å². The van der Waals surface area contributed by atoms with Gasteiger partial charge in [0, 0.05) is 52.2 Å². The number of methoxy groups -OCH3 is 1. The minimum Gasteiger partial charge on any atom is -0.457 e. The third-order valence-corrected chi connectivity index (χ3v) is 6.30. The first-order valence-corrected chi connectivity index (χ1v) is 13.0. The molecule has 1 heterocycles. The minimum absolute atomic E-state index is 0.0581. The van der Waals surface area contributed by atoms with E-state index in [2.05, 4.69) is 0 Å². The number of hydrogen-bond acceptors (Lipinski definition) is 7. The molecule has 1 aliphatic rings. The lowest BCUT2D eigenvalue weighted by Gasteiger charge is -2.45. The number of carbonyl (C=O) groups excluding carboxylic acids is 5. The van der Waals surface area contributed by atoms with E-state index >= 15 is 0 Å². The molecular formula is C30H35N3O7. The summed E-state index contributed by atoms with van der Waals surface area (Å²) in [6, 6.07) is 15.2. The first kappa shape index (κ1) is 30.2. The molecule has 2 atom stereocenters. The maximum Gasteiger partial charge on any atom is 0.377 e.